The summed E-state index contributed by atoms with van der Waals surface area (Å²) in [5, 5.41) is 17.6. The Morgan fingerprint density at radius 2 is 2.00 bits per heavy atom. The molecule has 4 heterocycles. The number of rotatable bonds is 5. The highest BCUT2D eigenvalue weighted by molar-refractivity contribution is 5.94. The summed E-state index contributed by atoms with van der Waals surface area (Å²) in [6, 6.07) is 2.57. The van der Waals surface area contributed by atoms with Gasteiger partial charge in [-0.05, 0) is 57.9 Å². The first kappa shape index (κ1) is 20.6. The number of carbonyl (C=O) groups excluding carboxylic acids is 1. The third-order valence-corrected chi connectivity index (χ3v) is 7.99. The normalized spacial score (nSPS) is 22.0. The lowest BCUT2D eigenvalue weighted by Gasteiger charge is -2.29. The number of aryl methyl sites for hydroxylation is 3. The van der Waals surface area contributed by atoms with E-state index in [2.05, 4.69) is 25.0 Å². The van der Waals surface area contributed by atoms with Gasteiger partial charge in [-0.2, -0.15) is 5.10 Å². The molecular formula is C24H31N7O2. The fourth-order valence-electron chi connectivity index (χ4n) is 6.08. The maximum atomic E-state index is 13.8. The van der Waals surface area contributed by atoms with Crippen molar-refractivity contribution < 1.29 is 9.32 Å². The van der Waals surface area contributed by atoms with E-state index in [1.165, 1.54) is 25.7 Å². The highest BCUT2D eigenvalue weighted by Crippen LogP contribution is 2.54. The fourth-order valence-corrected chi connectivity index (χ4v) is 6.08. The minimum atomic E-state index is -0.0466. The van der Waals surface area contributed by atoms with Gasteiger partial charge in [-0.3, -0.25) is 9.48 Å². The Bertz CT molecular complexity index is 1200. The van der Waals surface area contributed by atoms with Gasteiger partial charge in [0.2, 0.25) is 0 Å². The molecule has 0 bridgehead atoms. The van der Waals surface area contributed by atoms with Crippen LogP contribution in [0.15, 0.2) is 16.9 Å². The minimum absolute atomic E-state index is 0.0466. The van der Waals surface area contributed by atoms with Gasteiger partial charge in [0.05, 0.1) is 12.2 Å². The molecule has 6 rings (SSSR count). The van der Waals surface area contributed by atoms with Gasteiger partial charge in [0.1, 0.15) is 17.9 Å². The van der Waals surface area contributed by atoms with Gasteiger partial charge in [0.25, 0.3) is 5.91 Å². The second-order valence-electron chi connectivity index (χ2n) is 10.3. The van der Waals surface area contributed by atoms with Crippen LogP contribution in [0.3, 0.4) is 0 Å². The highest BCUT2D eigenvalue weighted by atomic mass is 16.5. The molecule has 1 saturated heterocycles. The molecule has 0 aromatic carbocycles. The molecule has 1 amide bonds. The minimum Gasteiger partial charge on any atom is -0.361 e. The molecule has 9 heteroatoms. The van der Waals surface area contributed by atoms with Crippen LogP contribution in [0.1, 0.15) is 89.5 Å². The van der Waals surface area contributed by atoms with Crippen molar-refractivity contribution in [2.45, 2.75) is 77.8 Å². The molecule has 1 unspecified atom stereocenters. The van der Waals surface area contributed by atoms with Crippen LogP contribution < -0.4 is 0 Å². The van der Waals surface area contributed by atoms with Crippen molar-refractivity contribution in [3.63, 3.8) is 0 Å². The maximum absolute atomic E-state index is 13.8. The lowest BCUT2D eigenvalue weighted by Crippen LogP contribution is -2.32. The largest absolute Gasteiger partial charge is 0.361 e. The molecular weight excluding hydrogens is 418 g/mol. The molecule has 33 heavy (non-hydrogen) atoms. The van der Waals surface area contributed by atoms with Crippen LogP contribution in [-0.4, -0.2) is 53.6 Å². The Labute approximate surface area is 193 Å². The van der Waals surface area contributed by atoms with Crippen LogP contribution >= 0.6 is 0 Å². The van der Waals surface area contributed by atoms with Crippen molar-refractivity contribution in [2.24, 2.45) is 5.41 Å². The zero-order valence-corrected chi connectivity index (χ0v) is 19.6. The Morgan fingerprint density at radius 3 is 2.70 bits per heavy atom. The monoisotopic (exact) mass is 449 g/mol. The third-order valence-electron chi connectivity index (χ3n) is 7.99. The Kier molecular flexibility index (Phi) is 4.71. The molecule has 3 aromatic rings. The molecule has 0 N–H and O–H groups in total. The van der Waals surface area contributed by atoms with Gasteiger partial charge in [-0.1, -0.05) is 18.0 Å². The standard InChI is InChI=1S/C24H31N7O2/c1-15-10-16(2)31(27-15)11-19-17(3)33-28-21(19)23(32)29-12-20(24(13-29)8-4-5-9-24)22-26-25-14-30(22)18-6-7-18/h10,14,18,20H,4-9,11-13H2,1-3H3. The first-order chi connectivity index (χ1) is 15.9. The van der Waals surface area contributed by atoms with Crippen LogP contribution in [0, 0.1) is 26.2 Å². The van der Waals surface area contributed by atoms with Crippen LogP contribution in [-0.2, 0) is 6.54 Å². The van der Waals surface area contributed by atoms with Gasteiger partial charge in [0.15, 0.2) is 5.69 Å². The van der Waals surface area contributed by atoms with E-state index in [1.807, 2.05) is 42.7 Å². The zero-order chi connectivity index (χ0) is 22.7. The van der Waals surface area contributed by atoms with Crippen LogP contribution in [0.2, 0.25) is 0 Å². The van der Waals surface area contributed by atoms with E-state index in [-0.39, 0.29) is 17.2 Å². The summed E-state index contributed by atoms with van der Waals surface area (Å²) in [6.45, 7) is 7.76. The number of likely N-dealkylation sites (tertiary alicyclic amines) is 1. The van der Waals surface area contributed by atoms with Crippen LogP contribution in [0.5, 0.6) is 0 Å². The van der Waals surface area contributed by atoms with Crippen molar-refractivity contribution >= 4 is 5.91 Å². The molecule has 1 aliphatic heterocycles. The van der Waals surface area contributed by atoms with E-state index < -0.39 is 0 Å². The van der Waals surface area contributed by atoms with Crippen molar-refractivity contribution in [3.05, 3.63) is 46.6 Å². The van der Waals surface area contributed by atoms with Gasteiger partial charge < -0.3 is 14.0 Å². The number of hydrogen-bond donors (Lipinski definition) is 0. The van der Waals surface area contributed by atoms with Gasteiger partial charge in [-0.15, -0.1) is 10.2 Å². The maximum Gasteiger partial charge on any atom is 0.276 e. The van der Waals surface area contributed by atoms with Gasteiger partial charge in [0, 0.05) is 36.3 Å². The van der Waals surface area contributed by atoms with E-state index in [9.17, 15) is 4.79 Å². The SMILES string of the molecule is Cc1cc(C)n(Cc2c(C(=O)N3CC(c4nncn4C4CC4)C4(CCCC4)C3)noc2C)n1. The molecule has 0 radical (unpaired) electrons. The average molecular weight is 450 g/mol. The number of carbonyl (C=O) groups is 1. The smallest absolute Gasteiger partial charge is 0.276 e. The predicted octanol–water partition coefficient (Wildman–Crippen LogP) is 3.57. The summed E-state index contributed by atoms with van der Waals surface area (Å²) in [5.74, 6) is 1.91. The summed E-state index contributed by atoms with van der Waals surface area (Å²) in [4.78, 5) is 15.8. The topological polar surface area (TPSA) is 94.9 Å². The molecule has 3 fully saturated rings. The third kappa shape index (κ3) is 3.40. The van der Waals surface area contributed by atoms with Crippen LogP contribution in [0.25, 0.3) is 0 Å². The first-order valence-electron chi connectivity index (χ1n) is 12.1. The van der Waals surface area contributed by atoms with Crippen molar-refractivity contribution in [2.75, 3.05) is 13.1 Å². The summed E-state index contributed by atoms with van der Waals surface area (Å²) in [7, 11) is 0. The molecule has 2 saturated carbocycles. The second-order valence-corrected chi connectivity index (χ2v) is 10.3. The summed E-state index contributed by atoms with van der Waals surface area (Å²) < 4.78 is 9.69. The molecule has 1 spiro atoms. The molecule has 1 atom stereocenters. The Balaban J connectivity index is 1.30. The molecule has 3 aromatic heterocycles. The van der Waals surface area contributed by atoms with Crippen molar-refractivity contribution in [1.82, 2.24) is 34.6 Å². The number of aromatic nitrogens is 6. The molecule has 174 valence electrons. The first-order valence-corrected chi connectivity index (χ1v) is 12.1. The van der Waals surface area contributed by atoms with E-state index in [1.54, 1.807) is 0 Å². The lowest BCUT2D eigenvalue weighted by atomic mass is 9.76. The molecule has 3 aliphatic rings. The quantitative estimate of drug-likeness (QED) is 0.591. The number of nitrogens with zero attached hydrogens (tertiary/aromatic N) is 7. The number of hydrogen-bond acceptors (Lipinski definition) is 6. The lowest BCUT2D eigenvalue weighted by molar-refractivity contribution is 0.0761. The Morgan fingerprint density at radius 1 is 1.21 bits per heavy atom. The average Bonchev–Trinajstić information content (AvgIpc) is 3.22. The second kappa shape index (κ2) is 7.53. The molecule has 2 aliphatic carbocycles. The van der Waals surface area contributed by atoms with E-state index >= 15 is 0 Å². The zero-order valence-electron chi connectivity index (χ0n) is 19.6. The van der Waals surface area contributed by atoms with Gasteiger partial charge in [-0.25, -0.2) is 0 Å². The Hall–Kier alpha value is -2.97. The summed E-state index contributed by atoms with van der Waals surface area (Å²) in [5.41, 5.74) is 3.33. The fraction of sp³-hybridized carbons (Fsp3) is 0.625. The van der Waals surface area contributed by atoms with Crippen LogP contribution in [0.4, 0.5) is 0 Å². The van der Waals surface area contributed by atoms with Crippen molar-refractivity contribution in [3.8, 4) is 0 Å². The van der Waals surface area contributed by atoms with E-state index in [0.29, 0.717) is 30.6 Å². The summed E-state index contributed by atoms with van der Waals surface area (Å²) in [6.07, 6.45) is 8.96. The van der Waals surface area contributed by atoms with Crippen molar-refractivity contribution in [1.29, 1.82) is 0 Å². The summed E-state index contributed by atoms with van der Waals surface area (Å²) >= 11 is 0. The predicted molar refractivity (Wildman–Crippen MR) is 120 cm³/mol. The van der Waals surface area contributed by atoms with E-state index in [0.717, 1.165) is 42.2 Å². The van der Waals surface area contributed by atoms with Gasteiger partial charge >= 0.3 is 0 Å². The number of amides is 1. The van der Waals surface area contributed by atoms with E-state index in [4.69, 9.17) is 4.52 Å². The molecule has 9 nitrogen and oxygen atoms in total. The highest BCUT2D eigenvalue weighted by Gasteiger charge is 2.52.